The van der Waals surface area contributed by atoms with Gasteiger partial charge in [-0.2, -0.15) is 0 Å². The summed E-state index contributed by atoms with van der Waals surface area (Å²) in [5.41, 5.74) is 2.10. The highest BCUT2D eigenvalue weighted by Gasteiger charge is 2.22. The number of carbonyl (C=O) groups excluding carboxylic acids is 3. The monoisotopic (exact) mass is 412 g/mol. The number of amides is 2. The Balaban J connectivity index is 1.50. The Morgan fingerprint density at radius 3 is 2.69 bits per heavy atom. The molecule has 2 atom stereocenters. The lowest BCUT2D eigenvalue weighted by atomic mass is 10.1. The van der Waals surface area contributed by atoms with Crippen LogP contribution in [0.15, 0.2) is 53.4 Å². The predicted molar refractivity (Wildman–Crippen MR) is 113 cm³/mol. The number of carbonyl (C=O) groups is 3. The third-order valence-corrected chi connectivity index (χ3v) is 5.67. The molecule has 0 fully saturated rings. The van der Waals surface area contributed by atoms with E-state index in [-0.39, 0.29) is 17.9 Å². The summed E-state index contributed by atoms with van der Waals surface area (Å²) in [6.45, 7) is 3.48. The van der Waals surface area contributed by atoms with E-state index in [0.717, 1.165) is 17.7 Å². The first-order valence-electron chi connectivity index (χ1n) is 9.54. The Hall–Kier alpha value is -2.80. The first-order chi connectivity index (χ1) is 13.9. The normalized spacial score (nSPS) is 14.9. The smallest absolute Gasteiger partial charge is 0.338 e. The van der Waals surface area contributed by atoms with Gasteiger partial charge in [-0.15, -0.1) is 11.8 Å². The largest absolute Gasteiger partial charge is 0.449 e. The molecule has 0 aromatic heterocycles. The van der Waals surface area contributed by atoms with E-state index in [2.05, 4.69) is 22.8 Å². The van der Waals surface area contributed by atoms with Gasteiger partial charge in [-0.05, 0) is 50.5 Å². The Labute approximate surface area is 174 Å². The summed E-state index contributed by atoms with van der Waals surface area (Å²) in [4.78, 5) is 37.2. The molecule has 7 heteroatoms. The van der Waals surface area contributed by atoms with Crippen molar-refractivity contribution in [2.45, 2.75) is 43.7 Å². The van der Waals surface area contributed by atoms with Gasteiger partial charge in [0.05, 0.1) is 17.0 Å². The number of hydrogen-bond acceptors (Lipinski definition) is 5. The number of ether oxygens (including phenoxy) is 1. The van der Waals surface area contributed by atoms with Crippen LogP contribution in [-0.2, 0) is 20.7 Å². The van der Waals surface area contributed by atoms with E-state index in [1.54, 1.807) is 25.1 Å². The van der Waals surface area contributed by atoms with Gasteiger partial charge < -0.3 is 15.4 Å². The third kappa shape index (κ3) is 5.84. The summed E-state index contributed by atoms with van der Waals surface area (Å²) in [6, 6.07) is 15.0. The maximum Gasteiger partial charge on any atom is 0.338 e. The van der Waals surface area contributed by atoms with Gasteiger partial charge in [-0.25, -0.2) is 4.79 Å². The van der Waals surface area contributed by atoms with Crippen LogP contribution in [0, 0.1) is 0 Å². The van der Waals surface area contributed by atoms with Gasteiger partial charge >= 0.3 is 5.97 Å². The summed E-state index contributed by atoms with van der Waals surface area (Å²) in [7, 11) is 0. The van der Waals surface area contributed by atoms with Crippen molar-refractivity contribution in [3.05, 3.63) is 59.7 Å². The predicted octanol–water partition coefficient (Wildman–Crippen LogP) is 3.41. The second-order valence-electron chi connectivity index (χ2n) is 7.03. The minimum absolute atomic E-state index is 0.0418. The fourth-order valence-corrected chi connectivity index (χ4v) is 3.74. The molecule has 0 saturated heterocycles. The van der Waals surface area contributed by atoms with Crippen LogP contribution in [0.2, 0.25) is 0 Å². The average Bonchev–Trinajstić information content (AvgIpc) is 2.72. The molecule has 6 nitrogen and oxygen atoms in total. The molecule has 2 amide bonds. The molecule has 0 bridgehead atoms. The highest BCUT2D eigenvalue weighted by molar-refractivity contribution is 8.00. The molecule has 29 heavy (non-hydrogen) atoms. The molecular weight excluding hydrogens is 388 g/mol. The van der Waals surface area contributed by atoms with Gasteiger partial charge in [0, 0.05) is 10.9 Å². The highest BCUT2D eigenvalue weighted by Crippen LogP contribution is 2.32. The van der Waals surface area contributed by atoms with Crippen LogP contribution in [0.5, 0.6) is 0 Å². The zero-order chi connectivity index (χ0) is 20.8. The lowest BCUT2D eigenvalue weighted by molar-refractivity contribution is -0.129. The number of fused-ring (bicyclic) bond motifs is 1. The number of thioether (sulfide) groups is 1. The number of benzene rings is 2. The number of aryl methyl sites for hydroxylation is 1. The summed E-state index contributed by atoms with van der Waals surface area (Å²) in [6.07, 6.45) is 0.732. The van der Waals surface area contributed by atoms with Crippen LogP contribution in [0.1, 0.15) is 36.2 Å². The average molecular weight is 413 g/mol. The number of hydrogen-bond donors (Lipinski definition) is 2. The van der Waals surface area contributed by atoms with Crippen LogP contribution in [0.4, 0.5) is 5.69 Å². The van der Waals surface area contributed by atoms with Crippen LogP contribution in [0.3, 0.4) is 0 Å². The van der Waals surface area contributed by atoms with E-state index in [4.69, 9.17) is 4.74 Å². The third-order valence-electron chi connectivity index (χ3n) is 4.60. The number of anilines is 1. The molecule has 0 spiro atoms. The SMILES string of the molecule is C[C@H](CCc1ccccc1)NC(=O)[C@H](C)OC(=O)c1ccc2c(c1)NC(=O)CS2. The molecule has 152 valence electrons. The number of nitrogens with one attached hydrogen (secondary N) is 2. The van der Waals surface area contributed by atoms with Crippen molar-refractivity contribution in [2.24, 2.45) is 0 Å². The summed E-state index contributed by atoms with van der Waals surface area (Å²) in [5, 5.41) is 5.62. The van der Waals surface area contributed by atoms with Crippen molar-refractivity contribution >= 4 is 35.2 Å². The van der Waals surface area contributed by atoms with E-state index in [1.807, 2.05) is 25.1 Å². The van der Waals surface area contributed by atoms with Crippen LogP contribution < -0.4 is 10.6 Å². The summed E-state index contributed by atoms with van der Waals surface area (Å²) in [5.74, 6) is -0.681. The molecule has 0 aliphatic carbocycles. The Morgan fingerprint density at radius 2 is 1.93 bits per heavy atom. The van der Waals surface area contributed by atoms with Gasteiger partial charge in [-0.3, -0.25) is 9.59 Å². The zero-order valence-electron chi connectivity index (χ0n) is 16.4. The molecule has 2 aromatic carbocycles. The second-order valence-corrected chi connectivity index (χ2v) is 8.05. The molecule has 1 aliphatic rings. The molecule has 1 aliphatic heterocycles. The second kappa shape index (κ2) is 9.60. The van der Waals surface area contributed by atoms with Crippen molar-refractivity contribution in [3.63, 3.8) is 0 Å². The first-order valence-corrected chi connectivity index (χ1v) is 10.5. The standard InChI is InChI=1S/C22H24N2O4S/c1-14(8-9-16-6-4-3-5-7-16)23-21(26)15(2)28-22(27)17-10-11-19-18(12-17)24-20(25)13-29-19/h3-7,10-12,14-15H,8-9,13H2,1-2H3,(H,23,26)(H,24,25)/t14-,15+/m1/s1. The maximum absolute atomic E-state index is 12.4. The van der Waals surface area contributed by atoms with Gasteiger partial charge in [0.1, 0.15) is 0 Å². The van der Waals surface area contributed by atoms with E-state index < -0.39 is 12.1 Å². The van der Waals surface area contributed by atoms with Crippen molar-refractivity contribution in [1.29, 1.82) is 0 Å². The molecular formula is C22H24N2O4S. The summed E-state index contributed by atoms with van der Waals surface area (Å²) >= 11 is 1.42. The lowest BCUT2D eigenvalue weighted by Gasteiger charge is -2.19. The molecule has 0 unspecified atom stereocenters. The van der Waals surface area contributed by atoms with Crippen LogP contribution >= 0.6 is 11.8 Å². The van der Waals surface area contributed by atoms with E-state index in [0.29, 0.717) is 17.0 Å². The molecule has 0 radical (unpaired) electrons. The van der Waals surface area contributed by atoms with Crippen molar-refractivity contribution < 1.29 is 19.1 Å². The van der Waals surface area contributed by atoms with Crippen molar-refractivity contribution in [2.75, 3.05) is 11.1 Å². The van der Waals surface area contributed by atoms with E-state index in [9.17, 15) is 14.4 Å². The van der Waals surface area contributed by atoms with Gasteiger partial charge in [0.2, 0.25) is 5.91 Å². The zero-order valence-corrected chi connectivity index (χ0v) is 17.3. The van der Waals surface area contributed by atoms with Crippen LogP contribution in [0.25, 0.3) is 0 Å². The molecule has 3 rings (SSSR count). The molecule has 0 saturated carbocycles. The molecule has 2 aromatic rings. The minimum atomic E-state index is -0.915. The first kappa shape index (κ1) is 20.9. The van der Waals surface area contributed by atoms with Gasteiger partial charge in [0.15, 0.2) is 6.10 Å². The lowest BCUT2D eigenvalue weighted by Crippen LogP contribution is -2.41. The topological polar surface area (TPSA) is 84.5 Å². The number of rotatable bonds is 7. The van der Waals surface area contributed by atoms with E-state index >= 15 is 0 Å². The maximum atomic E-state index is 12.4. The van der Waals surface area contributed by atoms with Crippen LogP contribution in [-0.4, -0.2) is 35.7 Å². The minimum Gasteiger partial charge on any atom is -0.449 e. The van der Waals surface area contributed by atoms with Gasteiger partial charge in [-0.1, -0.05) is 30.3 Å². The fraction of sp³-hybridized carbons (Fsp3) is 0.318. The summed E-state index contributed by atoms with van der Waals surface area (Å²) < 4.78 is 5.31. The van der Waals surface area contributed by atoms with Crippen molar-refractivity contribution in [1.82, 2.24) is 5.32 Å². The quantitative estimate of drug-likeness (QED) is 0.681. The fourth-order valence-electron chi connectivity index (χ4n) is 2.95. The Bertz CT molecular complexity index is 901. The molecule has 1 heterocycles. The van der Waals surface area contributed by atoms with Gasteiger partial charge in [0.25, 0.3) is 5.91 Å². The van der Waals surface area contributed by atoms with Crippen molar-refractivity contribution in [3.8, 4) is 0 Å². The number of esters is 1. The Morgan fingerprint density at radius 1 is 1.17 bits per heavy atom. The molecule has 2 N–H and O–H groups in total. The highest BCUT2D eigenvalue weighted by atomic mass is 32.2. The Kier molecular flexibility index (Phi) is 6.93. The van der Waals surface area contributed by atoms with E-state index in [1.165, 1.54) is 17.3 Å².